The standard InChI is InChI=1S/C33H42N2O4S2/c1-23-10-7-8-14-26(23)28-22-25(15-16-27(28)32(36)35-29(18-21-40-3)33(37)38-2)31(30-17-19-34-41-30)39-20-9-13-24-11-5-4-6-12-24/h7-8,10,14-17,19,22,24,29,31H,4-6,9,11-13,18,20-21H2,1-3H3,(H,35,36)/t29-,31?/m0/s1. The second kappa shape index (κ2) is 16.1. The van der Waals surface area contributed by atoms with Crippen LogP contribution in [0.1, 0.15) is 83.8 Å². The van der Waals surface area contributed by atoms with Gasteiger partial charge < -0.3 is 14.8 Å². The lowest BCUT2D eigenvalue weighted by Gasteiger charge is -2.23. The van der Waals surface area contributed by atoms with Gasteiger partial charge in [-0.1, -0.05) is 62.4 Å². The molecule has 1 aliphatic rings. The fourth-order valence-electron chi connectivity index (χ4n) is 5.64. The van der Waals surface area contributed by atoms with E-state index >= 15 is 0 Å². The first-order valence-electron chi connectivity index (χ1n) is 14.6. The topological polar surface area (TPSA) is 77.5 Å². The van der Waals surface area contributed by atoms with Crippen LogP contribution in [0.4, 0.5) is 0 Å². The molecule has 1 N–H and O–H groups in total. The minimum atomic E-state index is -0.707. The van der Waals surface area contributed by atoms with Crippen LogP contribution in [0, 0.1) is 12.8 Å². The van der Waals surface area contributed by atoms with Crippen molar-refractivity contribution in [2.75, 3.05) is 25.7 Å². The van der Waals surface area contributed by atoms with E-state index < -0.39 is 12.0 Å². The second-order valence-electron chi connectivity index (χ2n) is 10.8. The van der Waals surface area contributed by atoms with Crippen molar-refractivity contribution in [1.82, 2.24) is 9.69 Å². The highest BCUT2D eigenvalue weighted by Gasteiger charge is 2.25. The summed E-state index contributed by atoms with van der Waals surface area (Å²) in [6.07, 6.45) is 13.0. The summed E-state index contributed by atoms with van der Waals surface area (Å²) in [6, 6.07) is 15.2. The van der Waals surface area contributed by atoms with Crippen LogP contribution in [0.5, 0.6) is 0 Å². The normalized spacial score (nSPS) is 15.3. The maximum atomic E-state index is 13.7. The summed E-state index contributed by atoms with van der Waals surface area (Å²) in [5.41, 5.74) is 4.34. The number of ether oxygens (including phenoxy) is 2. The van der Waals surface area contributed by atoms with E-state index in [4.69, 9.17) is 9.47 Å². The Bertz CT molecular complexity index is 1260. The third kappa shape index (κ3) is 8.66. The molecular formula is C33H42N2O4S2. The lowest BCUT2D eigenvalue weighted by atomic mass is 9.86. The van der Waals surface area contributed by atoms with Crippen LogP contribution in [0.2, 0.25) is 0 Å². The van der Waals surface area contributed by atoms with Gasteiger partial charge in [0.05, 0.1) is 12.0 Å². The zero-order chi connectivity index (χ0) is 29.0. The number of carbonyl (C=O) groups excluding carboxylic acids is 2. The largest absolute Gasteiger partial charge is 0.467 e. The molecule has 0 radical (unpaired) electrons. The third-order valence-corrected chi connectivity index (χ3v) is 9.34. The lowest BCUT2D eigenvalue weighted by Crippen LogP contribution is -2.42. The summed E-state index contributed by atoms with van der Waals surface area (Å²) < 4.78 is 15.9. The number of aryl methyl sites for hydroxylation is 1. The Labute approximate surface area is 252 Å². The number of hydrogen-bond acceptors (Lipinski definition) is 7. The van der Waals surface area contributed by atoms with Crippen molar-refractivity contribution in [2.24, 2.45) is 5.92 Å². The van der Waals surface area contributed by atoms with Gasteiger partial charge in [0.1, 0.15) is 12.1 Å². The van der Waals surface area contributed by atoms with Crippen molar-refractivity contribution >= 4 is 35.2 Å². The summed E-state index contributed by atoms with van der Waals surface area (Å²) in [7, 11) is 1.35. The summed E-state index contributed by atoms with van der Waals surface area (Å²) in [5, 5.41) is 2.93. The number of thioether (sulfide) groups is 1. The van der Waals surface area contributed by atoms with Gasteiger partial charge in [0.15, 0.2) is 0 Å². The van der Waals surface area contributed by atoms with Gasteiger partial charge in [-0.05, 0) is 96.1 Å². The maximum absolute atomic E-state index is 13.7. The molecule has 1 saturated carbocycles. The molecule has 0 saturated heterocycles. The molecular weight excluding hydrogens is 553 g/mol. The molecule has 3 aromatic rings. The Morgan fingerprint density at radius 2 is 1.90 bits per heavy atom. The average molecular weight is 595 g/mol. The first-order chi connectivity index (χ1) is 20.0. The number of amides is 1. The SMILES string of the molecule is COC(=O)[C@H](CCSC)NC(=O)c1ccc(C(OCCCC2CCCCC2)c2ccns2)cc1-c1ccccc1C. The van der Waals surface area contributed by atoms with E-state index in [0.717, 1.165) is 45.2 Å². The van der Waals surface area contributed by atoms with Crippen LogP contribution in [0.25, 0.3) is 11.1 Å². The number of rotatable bonds is 14. The van der Waals surface area contributed by atoms with Gasteiger partial charge in [0.2, 0.25) is 0 Å². The zero-order valence-corrected chi connectivity index (χ0v) is 26.0. The highest BCUT2D eigenvalue weighted by molar-refractivity contribution is 7.98. The molecule has 6 nitrogen and oxygen atoms in total. The van der Waals surface area contributed by atoms with E-state index in [0.29, 0.717) is 18.6 Å². The quantitative estimate of drug-likeness (QED) is 0.153. The van der Waals surface area contributed by atoms with Crippen molar-refractivity contribution in [2.45, 2.75) is 70.4 Å². The highest BCUT2D eigenvalue weighted by atomic mass is 32.2. The van der Waals surface area contributed by atoms with E-state index in [-0.39, 0.29) is 12.0 Å². The van der Waals surface area contributed by atoms with Crippen molar-refractivity contribution in [3.8, 4) is 11.1 Å². The predicted octanol–water partition coefficient (Wildman–Crippen LogP) is 7.61. The van der Waals surface area contributed by atoms with Crippen molar-refractivity contribution in [1.29, 1.82) is 0 Å². The van der Waals surface area contributed by atoms with Gasteiger partial charge in [0.25, 0.3) is 5.91 Å². The maximum Gasteiger partial charge on any atom is 0.328 e. The number of hydrogen-bond donors (Lipinski definition) is 1. The number of carbonyl (C=O) groups is 2. The molecule has 1 aliphatic carbocycles. The van der Waals surface area contributed by atoms with Crippen LogP contribution in [0.15, 0.2) is 54.7 Å². The molecule has 1 heterocycles. The molecule has 41 heavy (non-hydrogen) atoms. The van der Waals surface area contributed by atoms with Crippen molar-refractivity contribution < 1.29 is 19.1 Å². The average Bonchev–Trinajstić information content (AvgIpc) is 3.54. The molecule has 1 amide bonds. The molecule has 1 fully saturated rings. The smallest absolute Gasteiger partial charge is 0.328 e. The molecule has 8 heteroatoms. The fourth-order valence-corrected chi connectivity index (χ4v) is 6.77. The number of esters is 1. The number of methoxy groups -OCH3 is 1. The first-order valence-corrected chi connectivity index (χ1v) is 16.8. The van der Waals surface area contributed by atoms with Crippen LogP contribution in [0.3, 0.4) is 0 Å². The Balaban J connectivity index is 1.62. The molecule has 1 unspecified atom stereocenters. The van der Waals surface area contributed by atoms with Gasteiger partial charge >= 0.3 is 5.97 Å². The van der Waals surface area contributed by atoms with Gasteiger partial charge in [-0.2, -0.15) is 11.8 Å². The Kier molecular flexibility index (Phi) is 12.3. The summed E-state index contributed by atoms with van der Waals surface area (Å²) in [5.74, 6) is 0.824. The summed E-state index contributed by atoms with van der Waals surface area (Å²) in [4.78, 5) is 27.1. The first kappa shape index (κ1) is 31.3. The number of nitrogens with one attached hydrogen (secondary N) is 1. The third-order valence-electron chi connectivity index (χ3n) is 7.91. The Morgan fingerprint density at radius 3 is 2.61 bits per heavy atom. The van der Waals surface area contributed by atoms with Crippen LogP contribution >= 0.6 is 23.3 Å². The van der Waals surface area contributed by atoms with Gasteiger partial charge in [0, 0.05) is 18.4 Å². The summed E-state index contributed by atoms with van der Waals surface area (Å²) in [6.45, 7) is 2.72. The van der Waals surface area contributed by atoms with E-state index in [1.807, 2.05) is 61.8 Å². The van der Waals surface area contributed by atoms with E-state index in [2.05, 4.69) is 15.8 Å². The monoisotopic (exact) mass is 594 g/mol. The number of nitrogens with zero attached hydrogens (tertiary/aromatic N) is 1. The molecule has 2 aromatic carbocycles. The molecule has 2 atom stereocenters. The minimum absolute atomic E-state index is 0.266. The van der Waals surface area contributed by atoms with Crippen molar-refractivity contribution in [3.63, 3.8) is 0 Å². The number of aromatic nitrogens is 1. The molecule has 4 rings (SSSR count). The fraction of sp³-hybridized carbons (Fsp3) is 0.485. The van der Waals surface area contributed by atoms with Gasteiger partial charge in [-0.3, -0.25) is 4.79 Å². The molecule has 220 valence electrons. The Hall–Kier alpha value is -2.68. The van der Waals surface area contributed by atoms with E-state index in [9.17, 15) is 9.59 Å². The van der Waals surface area contributed by atoms with Crippen molar-refractivity contribution in [3.05, 3.63) is 76.3 Å². The molecule has 0 spiro atoms. The highest BCUT2D eigenvalue weighted by Crippen LogP contribution is 2.35. The minimum Gasteiger partial charge on any atom is -0.467 e. The van der Waals surface area contributed by atoms with E-state index in [1.54, 1.807) is 11.8 Å². The van der Waals surface area contributed by atoms with Crippen LogP contribution in [-0.2, 0) is 14.3 Å². The van der Waals surface area contributed by atoms with Gasteiger partial charge in [-0.25, -0.2) is 9.17 Å². The second-order valence-corrected chi connectivity index (χ2v) is 12.6. The van der Waals surface area contributed by atoms with Crippen LogP contribution < -0.4 is 5.32 Å². The lowest BCUT2D eigenvalue weighted by molar-refractivity contribution is -0.142. The Morgan fingerprint density at radius 1 is 1.10 bits per heavy atom. The summed E-state index contributed by atoms with van der Waals surface area (Å²) >= 11 is 3.07. The predicted molar refractivity (Wildman–Crippen MR) is 169 cm³/mol. The molecule has 1 aromatic heterocycles. The molecule has 0 bridgehead atoms. The van der Waals surface area contributed by atoms with E-state index in [1.165, 1.54) is 57.2 Å². The number of benzene rings is 2. The zero-order valence-electron chi connectivity index (χ0n) is 24.4. The molecule has 0 aliphatic heterocycles. The van der Waals surface area contributed by atoms with Crippen LogP contribution in [-0.4, -0.2) is 48.0 Å². The van der Waals surface area contributed by atoms with Gasteiger partial charge in [-0.15, -0.1) is 0 Å².